The first kappa shape index (κ1) is 15.4. The number of aryl methyl sites for hydroxylation is 1. The van der Waals surface area contributed by atoms with E-state index in [0.29, 0.717) is 19.0 Å². The van der Waals surface area contributed by atoms with Gasteiger partial charge in [0.05, 0.1) is 6.26 Å². The summed E-state index contributed by atoms with van der Waals surface area (Å²) in [5.41, 5.74) is 2.18. The van der Waals surface area contributed by atoms with Gasteiger partial charge in [0, 0.05) is 31.5 Å². The van der Waals surface area contributed by atoms with Crippen LogP contribution in [0.5, 0.6) is 0 Å². The number of rotatable bonds is 5. The van der Waals surface area contributed by atoms with E-state index in [1.54, 1.807) is 4.31 Å². The Bertz CT molecular complexity index is 528. The van der Waals surface area contributed by atoms with Crippen molar-refractivity contribution in [2.45, 2.75) is 26.3 Å². The van der Waals surface area contributed by atoms with Crippen LogP contribution in [0.15, 0.2) is 18.3 Å². The van der Waals surface area contributed by atoms with Gasteiger partial charge in [-0.15, -0.1) is 0 Å². The van der Waals surface area contributed by atoms with Crippen LogP contribution in [-0.4, -0.2) is 43.6 Å². The Balaban J connectivity index is 1.78. The molecule has 1 aliphatic rings. The molecule has 112 valence electrons. The van der Waals surface area contributed by atoms with E-state index in [1.807, 2.05) is 19.2 Å². The average molecular weight is 297 g/mol. The molecule has 1 aliphatic heterocycles. The summed E-state index contributed by atoms with van der Waals surface area (Å²) < 4.78 is 24.7. The van der Waals surface area contributed by atoms with E-state index in [-0.39, 0.29) is 0 Å². The molecule has 1 atom stereocenters. The fourth-order valence-corrected chi connectivity index (χ4v) is 3.46. The lowest BCUT2D eigenvalue weighted by Gasteiger charge is -2.31. The van der Waals surface area contributed by atoms with Crippen LogP contribution in [0.4, 0.5) is 0 Å². The molecule has 6 heteroatoms. The van der Waals surface area contributed by atoms with Crippen molar-refractivity contribution in [2.75, 3.05) is 25.9 Å². The first-order valence-electron chi connectivity index (χ1n) is 7.02. The van der Waals surface area contributed by atoms with Gasteiger partial charge in [-0.3, -0.25) is 4.98 Å². The monoisotopic (exact) mass is 297 g/mol. The second-order valence-electron chi connectivity index (χ2n) is 5.57. The summed E-state index contributed by atoms with van der Waals surface area (Å²) >= 11 is 0. The topological polar surface area (TPSA) is 62.3 Å². The van der Waals surface area contributed by atoms with Gasteiger partial charge in [0.25, 0.3) is 0 Å². The Morgan fingerprint density at radius 3 is 2.90 bits per heavy atom. The fraction of sp³-hybridized carbons (Fsp3) is 0.643. The number of pyridine rings is 1. The van der Waals surface area contributed by atoms with Gasteiger partial charge in [0.2, 0.25) is 10.0 Å². The summed E-state index contributed by atoms with van der Waals surface area (Å²) in [4.78, 5) is 4.26. The minimum atomic E-state index is -3.05. The molecular formula is C14H23N3O2S. The number of nitrogens with zero attached hydrogens (tertiary/aromatic N) is 2. The third-order valence-corrected chi connectivity index (χ3v) is 4.96. The Labute approximate surface area is 121 Å². The van der Waals surface area contributed by atoms with Gasteiger partial charge < -0.3 is 5.32 Å². The standard InChI is InChI=1S/C14H23N3O2S/c1-12-5-6-13(10-16-12)8-15-9-14-4-3-7-17(11-14)20(2,18)19/h5-6,10,14-15H,3-4,7-9,11H2,1-2H3. The van der Waals surface area contributed by atoms with Gasteiger partial charge in [-0.05, 0) is 43.9 Å². The molecule has 0 bridgehead atoms. The second-order valence-corrected chi connectivity index (χ2v) is 7.55. The van der Waals surface area contributed by atoms with E-state index < -0.39 is 10.0 Å². The average Bonchev–Trinajstić information content (AvgIpc) is 2.40. The zero-order valence-electron chi connectivity index (χ0n) is 12.2. The van der Waals surface area contributed by atoms with Crippen LogP contribution in [0.25, 0.3) is 0 Å². The molecule has 0 amide bonds. The van der Waals surface area contributed by atoms with E-state index >= 15 is 0 Å². The normalized spacial score (nSPS) is 21.0. The first-order chi connectivity index (χ1) is 9.45. The highest BCUT2D eigenvalue weighted by atomic mass is 32.2. The predicted octanol–water partition coefficient (Wildman–Crippen LogP) is 1.15. The van der Waals surface area contributed by atoms with Gasteiger partial charge in [-0.25, -0.2) is 12.7 Å². The molecule has 0 spiro atoms. The van der Waals surface area contributed by atoms with Crippen molar-refractivity contribution in [1.29, 1.82) is 0 Å². The minimum absolute atomic E-state index is 0.400. The van der Waals surface area contributed by atoms with Gasteiger partial charge in [-0.2, -0.15) is 0 Å². The SMILES string of the molecule is Cc1ccc(CNCC2CCCN(S(C)(=O)=O)C2)cn1. The van der Waals surface area contributed by atoms with Crippen LogP contribution in [0.1, 0.15) is 24.1 Å². The summed E-state index contributed by atoms with van der Waals surface area (Å²) in [6.45, 7) is 4.90. The summed E-state index contributed by atoms with van der Waals surface area (Å²) in [5, 5.41) is 3.40. The first-order valence-corrected chi connectivity index (χ1v) is 8.87. The number of aromatic nitrogens is 1. The maximum absolute atomic E-state index is 11.6. The number of nitrogens with one attached hydrogen (secondary N) is 1. The molecule has 1 saturated heterocycles. The van der Waals surface area contributed by atoms with Crippen molar-refractivity contribution < 1.29 is 8.42 Å². The minimum Gasteiger partial charge on any atom is -0.312 e. The molecule has 0 saturated carbocycles. The fourth-order valence-electron chi connectivity index (χ4n) is 2.52. The van der Waals surface area contributed by atoms with E-state index in [1.165, 1.54) is 6.26 Å². The van der Waals surface area contributed by atoms with Crippen molar-refractivity contribution in [3.05, 3.63) is 29.6 Å². The van der Waals surface area contributed by atoms with Gasteiger partial charge in [0.15, 0.2) is 0 Å². The zero-order chi connectivity index (χ0) is 14.6. The van der Waals surface area contributed by atoms with Crippen LogP contribution in [0.3, 0.4) is 0 Å². The van der Waals surface area contributed by atoms with Gasteiger partial charge in [-0.1, -0.05) is 6.07 Å². The molecule has 0 aliphatic carbocycles. The Morgan fingerprint density at radius 2 is 2.25 bits per heavy atom. The molecule has 2 rings (SSSR count). The molecule has 0 radical (unpaired) electrons. The van der Waals surface area contributed by atoms with E-state index in [2.05, 4.69) is 16.4 Å². The van der Waals surface area contributed by atoms with Crippen LogP contribution in [-0.2, 0) is 16.6 Å². The summed E-state index contributed by atoms with van der Waals surface area (Å²) in [6, 6.07) is 4.07. The Hall–Kier alpha value is -0.980. The molecule has 20 heavy (non-hydrogen) atoms. The molecule has 0 aromatic carbocycles. The summed E-state index contributed by atoms with van der Waals surface area (Å²) in [5.74, 6) is 0.400. The molecule has 5 nitrogen and oxygen atoms in total. The van der Waals surface area contributed by atoms with Crippen molar-refractivity contribution in [1.82, 2.24) is 14.6 Å². The highest BCUT2D eigenvalue weighted by Gasteiger charge is 2.25. The maximum atomic E-state index is 11.6. The van der Waals surface area contributed by atoms with Crippen molar-refractivity contribution in [3.8, 4) is 0 Å². The third kappa shape index (κ3) is 4.54. The van der Waals surface area contributed by atoms with E-state index in [9.17, 15) is 8.42 Å². The highest BCUT2D eigenvalue weighted by molar-refractivity contribution is 7.88. The smallest absolute Gasteiger partial charge is 0.211 e. The number of hydrogen-bond donors (Lipinski definition) is 1. The Kier molecular flexibility index (Phi) is 5.12. The third-order valence-electron chi connectivity index (χ3n) is 3.69. The van der Waals surface area contributed by atoms with Crippen LogP contribution >= 0.6 is 0 Å². The Morgan fingerprint density at radius 1 is 1.45 bits per heavy atom. The lowest BCUT2D eigenvalue weighted by atomic mass is 10.00. The largest absolute Gasteiger partial charge is 0.312 e. The summed E-state index contributed by atoms with van der Waals surface area (Å²) in [6.07, 6.45) is 5.21. The van der Waals surface area contributed by atoms with Gasteiger partial charge in [0.1, 0.15) is 0 Å². The van der Waals surface area contributed by atoms with Crippen molar-refractivity contribution >= 4 is 10.0 Å². The van der Waals surface area contributed by atoms with Gasteiger partial charge >= 0.3 is 0 Å². The van der Waals surface area contributed by atoms with Crippen molar-refractivity contribution in [3.63, 3.8) is 0 Å². The highest BCUT2D eigenvalue weighted by Crippen LogP contribution is 2.18. The van der Waals surface area contributed by atoms with Crippen LogP contribution < -0.4 is 5.32 Å². The summed E-state index contributed by atoms with van der Waals surface area (Å²) in [7, 11) is -3.05. The zero-order valence-corrected chi connectivity index (χ0v) is 13.0. The van der Waals surface area contributed by atoms with Crippen LogP contribution in [0.2, 0.25) is 0 Å². The number of hydrogen-bond acceptors (Lipinski definition) is 4. The lowest BCUT2D eigenvalue weighted by Crippen LogP contribution is -2.42. The quantitative estimate of drug-likeness (QED) is 0.885. The molecule has 1 aromatic heterocycles. The number of piperidine rings is 1. The number of sulfonamides is 1. The second kappa shape index (κ2) is 6.65. The maximum Gasteiger partial charge on any atom is 0.211 e. The van der Waals surface area contributed by atoms with Crippen molar-refractivity contribution in [2.24, 2.45) is 5.92 Å². The lowest BCUT2D eigenvalue weighted by molar-refractivity contribution is 0.261. The molecule has 1 fully saturated rings. The predicted molar refractivity (Wildman–Crippen MR) is 79.8 cm³/mol. The molecule has 1 N–H and O–H groups in total. The molecular weight excluding hydrogens is 274 g/mol. The van der Waals surface area contributed by atoms with E-state index in [4.69, 9.17) is 0 Å². The molecule has 1 aromatic rings. The molecule has 1 unspecified atom stereocenters. The van der Waals surface area contributed by atoms with Crippen LogP contribution in [0, 0.1) is 12.8 Å². The molecule has 2 heterocycles. The van der Waals surface area contributed by atoms with E-state index in [0.717, 1.165) is 37.2 Å².